The molecular formula is C26H28N6O3S. The van der Waals surface area contributed by atoms with Gasteiger partial charge in [0.1, 0.15) is 10.7 Å². The number of nitrogens with one attached hydrogen (secondary N) is 3. The first-order chi connectivity index (χ1) is 17.5. The van der Waals surface area contributed by atoms with Crippen molar-refractivity contribution in [3.63, 3.8) is 0 Å². The van der Waals surface area contributed by atoms with Gasteiger partial charge in [0.15, 0.2) is 10.9 Å². The largest absolute Gasteiger partial charge is 0.348 e. The number of piperidine rings is 1. The van der Waals surface area contributed by atoms with Crippen LogP contribution < -0.4 is 20.9 Å². The summed E-state index contributed by atoms with van der Waals surface area (Å²) in [5, 5.41) is 10.9. The van der Waals surface area contributed by atoms with E-state index in [0.29, 0.717) is 28.6 Å². The quantitative estimate of drug-likeness (QED) is 0.454. The monoisotopic (exact) mass is 504 g/mol. The van der Waals surface area contributed by atoms with Crippen LogP contribution in [-0.4, -0.2) is 46.9 Å². The molecule has 1 aromatic carbocycles. The average Bonchev–Trinajstić information content (AvgIpc) is 3.45. The molecule has 9 nitrogen and oxygen atoms in total. The normalized spacial score (nSPS) is 18.3. The Hall–Kier alpha value is -3.66. The van der Waals surface area contributed by atoms with Gasteiger partial charge in [0.25, 0.3) is 11.8 Å². The van der Waals surface area contributed by atoms with Crippen molar-refractivity contribution in [3.8, 4) is 0 Å². The third kappa shape index (κ3) is 3.76. The van der Waals surface area contributed by atoms with Gasteiger partial charge in [0.2, 0.25) is 5.91 Å². The summed E-state index contributed by atoms with van der Waals surface area (Å²) in [5.41, 5.74) is 1.89. The van der Waals surface area contributed by atoms with Crippen molar-refractivity contribution in [1.82, 2.24) is 14.9 Å². The predicted octanol–water partition coefficient (Wildman–Crippen LogP) is 4.09. The van der Waals surface area contributed by atoms with Gasteiger partial charge < -0.3 is 25.4 Å². The highest BCUT2D eigenvalue weighted by Gasteiger charge is 2.44. The van der Waals surface area contributed by atoms with Crippen LogP contribution in [0.4, 0.5) is 16.0 Å². The Bertz CT molecular complexity index is 1400. The lowest BCUT2D eigenvalue weighted by atomic mass is 9.75. The van der Waals surface area contributed by atoms with Gasteiger partial charge >= 0.3 is 0 Å². The Morgan fingerprint density at radius 1 is 1.11 bits per heavy atom. The molecule has 36 heavy (non-hydrogen) atoms. The average molecular weight is 505 g/mol. The van der Waals surface area contributed by atoms with Crippen molar-refractivity contribution < 1.29 is 14.4 Å². The van der Waals surface area contributed by atoms with E-state index in [9.17, 15) is 14.4 Å². The van der Waals surface area contributed by atoms with Gasteiger partial charge in [-0.2, -0.15) is 0 Å². The molecule has 186 valence electrons. The van der Waals surface area contributed by atoms with Gasteiger partial charge in [-0.3, -0.25) is 14.4 Å². The lowest BCUT2D eigenvalue weighted by Gasteiger charge is -2.47. The topological polar surface area (TPSA) is 108 Å². The molecular weight excluding hydrogens is 476 g/mol. The van der Waals surface area contributed by atoms with Crippen LogP contribution in [0.1, 0.15) is 59.4 Å². The molecule has 3 aromatic rings. The number of rotatable bonds is 5. The van der Waals surface area contributed by atoms with Gasteiger partial charge in [-0.15, -0.1) is 0 Å². The number of thiazole rings is 1. The molecule has 1 aliphatic carbocycles. The summed E-state index contributed by atoms with van der Waals surface area (Å²) in [7, 11) is 0. The van der Waals surface area contributed by atoms with Crippen LogP contribution in [0, 0.1) is 0 Å². The first-order valence-corrected chi connectivity index (χ1v) is 13.2. The minimum atomic E-state index is -0.357. The molecule has 3 aliphatic rings. The number of hydrogen-bond acceptors (Lipinski definition) is 6. The predicted molar refractivity (Wildman–Crippen MR) is 141 cm³/mol. The third-order valence-electron chi connectivity index (χ3n) is 7.53. The molecule has 10 heteroatoms. The lowest BCUT2D eigenvalue weighted by Crippen LogP contribution is -2.55. The Morgan fingerprint density at radius 2 is 1.92 bits per heavy atom. The summed E-state index contributed by atoms with van der Waals surface area (Å²) >= 11 is 1.35. The first kappa shape index (κ1) is 22.8. The summed E-state index contributed by atoms with van der Waals surface area (Å²) < 4.78 is 2.13. The number of amides is 3. The molecule has 2 aromatic heterocycles. The Morgan fingerprint density at radius 3 is 2.64 bits per heavy atom. The van der Waals surface area contributed by atoms with Crippen molar-refractivity contribution in [2.45, 2.75) is 44.1 Å². The van der Waals surface area contributed by atoms with E-state index in [1.54, 1.807) is 6.07 Å². The van der Waals surface area contributed by atoms with Crippen molar-refractivity contribution >= 4 is 55.9 Å². The van der Waals surface area contributed by atoms with E-state index in [4.69, 9.17) is 0 Å². The Balaban J connectivity index is 1.33. The second kappa shape index (κ2) is 8.77. The zero-order chi connectivity index (χ0) is 24.9. The van der Waals surface area contributed by atoms with Gasteiger partial charge in [-0.05, 0) is 62.8 Å². The van der Waals surface area contributed by atoms with Crippen LogP contribution in [0.5, 0.6) is 0 Å². The molecule has 6 rings (SSSR count). The maximum absolute atomic E-state index is 13.4. The van der Waals surface area contributed by atoms with E-state index in [1.807, 2.05) is 18.2 Å². The number of benzene rings is 1. The number of aromatic nitrogens is 2. The highest BCUT2D eigenvalue weighted by Crippen LogP contribution is 2.44. The number of anilines is 3. The van der Waals surface area contributed by atoms with E-state index in [0.717, 1.165) is 61.2 Å². The van der Waals surface area contributed by atoms with Crippen LogP contribution in [0.25, 0.3) is 10.9 Å². The number of hydrogen-bond donors (Lipinski definition) is 3. The van der Waals surface area contributed by atoms with Gasteiger partial charge in [-0.1, -0.05) is 24.0 Å². The Kier molecular flexibility index (Phi) is 5.55. The molecule has 1 spiro atoms. The van der Waals surface area contributed by atoms with Crippen LogP contribution in [-0.2, 0) is 10.3 Å². The van der Waals surface area contributed by atoms with Crippen molar-refractivity contribution in [3.05, 3.63) is 48.2 Å². The van der Waals surface area contributed by atoms with E-state index < -0.39 is 0 Å². The maximum Gasteiger partial charge on any atom is 0.268 e. The standard InChI is InChI=1S/C26H28N6O3S/c1-2-20(33)28-24-21(30-25(36-24)31-11-4-3-5-12-31)29-22(34)17-8-7-16-13-19-23(35)27-15-26(9-6-10-26)32(19)18(16)14-17/h2,7-8,13-14H,1,3-6,9-12,15H2,(H,27,35)(H,28,33)(H,29,34). The fraction of sp³-hybridized carbons (Fsp3) is 0.385. The molecule has 0 radical (unpaired) electrons. The highest BCUT2D eigenvalue weighted by atomic mass is 32.1. The fourth-order valence-corrected chi connectivity index (χ4v) is 6.44. The maximum atomic E-state index is 13.4. The summed E-state index contributed by atoms with van der Waals surface area (Å²) in [6.45, 7) is 5.95. The molecule has 3 amide bonds. The summed E-state index contributed by atoms with van der Waals surface area (Å²) in [4.78, 5) is 44.8. The van der Waals surface area contributed by atoms with Crippen molar-refractivity contribution in [1.29, 1.82) is 0 Å². The molecule has 0 atom stereocenters. The minimum Gasteiger partial charge on any atom is -0.348 e. The van der Waals surface area contributed by atoms with Gasteiger partial charge in [0.05, 0.1) is 11.1 Å². The van der Waals surface area contributed by atoms with Crippen molar-refractivity contribution in [2.75, 3.05) is 35.2 Å². The van der Waals surface area contributed by atoms with Gasteiger partial charge in [-0.25, -0.2) is 4.98 Å². The minimum absolute atomic E-state index is 0.0787. The smallest absolute Gasteiger partial charge is 0.268 e. The number of nitrogens with zero attached hydrogens (tertiary/aromatic N) is 3. The van der Waals surface area contributed by atoms with E-state index >= 15 is 0 Å². The molecule has 0 unspecified atom stereocenters. The van der Waals surface area contributed by atoms with E-state index in [2.05, 4.69) is 37.0 Å². The van der Waals surface area contributed by atoms with E-state index in [-0.39, 0.29) is 23.3 Å². The number of carbonyl (C=O) groups is 3. The molecule has 2 aliphatic heterocycles. The Labute approximate surface area is 212 Å². The summed E-state index contributed by atoms with van der Waals surface area (Å²) in [5.74, 6) is -0.428. The molecule has 1 saturated carbocycles. The molecule has 1 saturated heterocycles. The molecule has 2 fully saturated rings. The number of carbonyl (C=O) groups excluding carboxylic acids is 3. The van der Waals surface area contributed by atoms with Crippen LogP contribution in [0.15, 0.2) is 36.9 Å². The molecule has 3 N–H and O–H groups in total. The molecule has 0 bridgehead atoms. The number of fused-ring (bicyclic) bond motifs is 4. The SMILES string of the molecule is C=CC(=O)Nc1sc(N2CCCCC2)nc1NC(=O)c1ccc2cc3n(c2c1)C1(CCC1)CNC3=O. The van der Waals surface area contributed by atoms with Gasteiger partial charge in [0, 0.05) is 30.6 Å². The second-order valence-electron chi connectivity index (χ2n) is 9.77. The third-order valence-corrected chi connectivity index (χ3v) is 8.56. The highest BCUT2D eigenvalue weighted by molar-refractivity contribution is 7.20. The van der Waals surface area contributed by atoms with Crippen LogP contribution >= 0.6 is 11.3 Å². The summed E-state index contributed by atoms with van der Waals surface area (Å²) in [6.07, 6.45) is 7.71. The zero-order valence-corrected chi connectivity index (χ0v) is 20.7. The second-order valence-corrected chi connectivity index (χ2v) is 10.7. The first-order valence-electron chi connectivity index (χ1n) is 12.4. The fourth-order valence-electron chi connectivity index (χ4n) is 5.46. The zero-order valence-electron chi connectivity index (χ0n) is 19.9. The summed E-state index contributed by atoms with van der Waals surface area (Å²) in [6, 6.07) is 7.40. The van der Waals surface area contributed by atoms with Crippen LogP contribution in [0.3, 0.4) is 0 Å². The van der Waals surface area contributed by atoms with Crippen LogP contribution in [0.2, 0.25) is 0 Å². The van der Waals surface area contributed by atoms with Crippen molar-refractivity contribution in [2.24, 2.45) is 0 Å². The molecule has 4 heterocycles. The van der Waals surface area contributed by atoms with E-state index in [1.165, 1.54) is 23.8 Å². The lowest BCUT2D eigenvalue weighted by molar-refractivity contribution is -0.111.